The van der Waals surface area contributed by atoms with Crippen LogP contribution in [0.5, 0.6) is 11.8 Å². The van der Waals surface area contributed by atoms with Crippen LogP contribution < -0.4 is 19.9 Å². The van der Waals surface area contributed by atoms with Gasteiger partial charge in [0.2, 0.25) is 0 Å². The molecule has 57 heavy (non-hydrogen) atoms. The van der Waals surface area contributed by atoms with Crippen molar-refractivity contribution in [1.82, 2.24) is 30.3 Å². The molecule has 0 spiro atoms. The van der Waals surface area contributed by atoms with E-state index in [9.17, 15) is 9.50 Å². The Labute approximate surface area is 331 Å². The average Bonchev–Trinajstić information content (AvgIpc) is 3.81. The van der Waals surface area contributed by atoms with Gasteiger partial charge in [0.15, 0.2) is 11.6 Å². The fourth-order valence-electron chi connectivity index (χ4n) is 9.30. The molecule has 3 atom stereocenters. The SMILES string of the molecule is C#Cc1c(F)ccc2cc(O)cc(-c3ncc4c(N5CC6CCC(C5)N6)nc(OCCN5CCC(CC6CN(c7cc(C(C)C(C)C)on7)C6)CC5)nc4c3F)c12. The zero-order valence-electron chi connectivity index (χ0n) is 32.8. The van der Waals surface area contributed by atoms with Crippen LogP contribution in [-0.4, -0.2) is 94.6 Å². The van der Waals surface area contributed by atoms with Crippen molar-refractivity contribution in [3.05, 3.63) is 59.5 Å². The number of hydrogen-bond donors (Lipinski definition) is 2. The molecule has 3 aromatic heterocycles. The van der Waals surface area contributed by atoms with Gasteiger partial charge in [0, 0.05) is 73.9 Å². The predicted molar refractivity (Wildman–Crippen MR) is 217 cm³/mol. The smallest absolute Gasteiger partial charge is 0.319 e. The molecule has 9 rings (SSSR count). The number of aromatic hydroxyl groups is 1. The number of piperidine rings is 1. The van der Waals surface area contributed by atoms with Gasteiger partial charge in [0.25, 0.3) is 0 Å². The summed E-state index contributed by atoms with van der Waals surface area (Å²) in [5.74, 6) is 5.70. The maximum Gasteiger partial charge on any atom is 0.319 e. The number of phenols is 1. The Morgan fingerprint density at radius 1 is 0.982 bits per heavy atom. The van der Waals surface area contributed by atoms with Crippen molar-refractivity contribution in [1.29, 1.82) is 0 Å². The van der Waals surface area contributed by atoms with Crippen molar-refractivity contribution in [3.63, 3.8) is 0 Å². The van der Waals surface area contributed by atoms with Crippen LogP contribution in [-0.2, 0) is 0 Å². The number of benzene rings is 2. The van der Waals surface area contributed by atoms with Crippen molar-refractivity contribution in [2.75, 3.05) is 62.2 Å². The number of ether oxygens (including phenoxy) is 1. The van der Waals surface area contributed by atoms with Gasteiger partial charge in [0.1, 0.15) is 41.0 Å². The molecule has 11 nitrogen and oxygen atoms in total. The van der Waals surface area contributed by atoms with Crippen LogP contribution in [0.15, 0.2) is 41.1 Å². The minimum atomic E-state index is -0.721. The molecule has 5 aromatic rings. The van der Waals surface area contributed by atoms with Crippen LogP contribution in [0.1, 0.15) is 70.1 Å². The Balaban J connectivity index is 0.885. The van der Waals surface area contributed by atoms with Crippen LogP contribution in [0.25, 0.3) is 32.9 Å². The van der Waals surface area contributed by atoms with Gasteiger partial charge in [-0.1, -0.05) is 37.9 Å². The highest BCUT2D eigenvalue weighted by atomic mass is 19.1. The van der Waals surface area contributed by atoms with E-state index in [1.54, 1.807) is 6.20 Å². The summed E-state index contributed by atoms with van der Waals surface area (Å²) in [6, 6.07) is 8.42. The number of rotatable bonds is 11. The summed E-state index contributed by atoms with van der Waals surface area (Å²) >= 11 is 0. The Hall–Kier alpha value is -5.06. The quantitative estimate of drug-likeness (QED) is 0.134. The first-order chi connectivity index (χ1) is 27.6. The van der Waals surface area contributed by atoms with Crippen molar-refractivity contribution >= 4 is 33.3 Å². The molecule has 13 heteroatoms. The fraction of sp³-hybridized carbons (Fsp3) is 0.500. The summed E-state index contributed by atoms with van der Waals surface area (Å²) in [4.78, 5) is 21.0. The van der Waals surface area contributed by atoms with Crippen LogP contribution in [0.4, 0.5) is 20.4 Å². The molecule has 2 aromatic carbocycles. The lowest BCUT2D eigenvalue weighted by atomic mass is 9.83. The molecule has 0 aliphatic carbocycles. The fourth-order valence-corrected chi connectivity index (χ4v) is 9.30. The lowest BCUT2D eigenvalue weighted by Gasteiger charge is -2.42. The van der Waals surface area contributed by atoms with Crippen molar-refractivity contribution in [3.8, 4) is 35.4 Å². The number of halogens is 2. The van der Waals surface area contributed by atoms with Crippen LogP contribution in [0.2, 0.25) is 0 Å². The number of hydrogen-bond acceptors (Lipinski definition) is 11. The lowest BCUT2D eigenvalue weighted by Crippen LogP contribution is -2.51. The molecule has 2 bridgehead atoms. The maximum atomic E-state index is 16.9. The number of anilines is 2. The Kier molecular flexibility index (Phi) is 10.1. The highest BCUT2D eigenvalue weighted by Gasteiger charge is 2.35. The molecule has 0 radical (unpaired) electrons. The number of nitrogens with one attached hydrogen (secondary N) is 1. The normalized spacial score (nSPS) is 21.1. The van der Waals surface area contributed by atoms with Crippen LogP contribution >= 0.6 is 0 Å². The standard InChI is InChI=1S/C44H50F2N8O3/c1-5-33-36(45)9-6-29-17-32(55)18-34(39(29)33)41-40(46)42-35(20-47-41)43(54-23-30-7-8-31(24-54)48-30)50-44(49-42)56-15-14-52-12-10-27(11-13-52)16-28-21-53(22-28)38-19-37(57-51-38)26(4)25(2)3/h1,6,9,17-20,25-28,30-31,48,55H,7-8,10-16,21-24H2,2-4H3. The van der Waals surface area contributed by atoms with E-state index in [0.717, 1.165) is 76.5 Å². The first-order valence-electron chi connectivity index (χ1n) is 20.5. The third-order valence-corrected chi connectivity index (χ3v) is 12.9. The van der Waals surface area contributed by atoms with Crippen molar-refractivity contribution in [2.45, 2.75) is 70.9 Å². The third-order valence-electron chi connectivity index (χ3n) is 12.9. The highest BCUT2D eigenvalue weighted by Crippen LogP contribution is 2.40. The number of piperazine rings is 1. The van der Waals surface area contributed by atoms with Gasteiger partial charge in [-0.15, -0.1) is 6.42 Å². The van der Waals surface area contributed by atoms with Crippen molar-refractivity contribution in [2.24, 2.45) is 17.8 Å². The first kappa shape index (κ1) is 37.5. The number of phenolic OH excluding ortho intramolecular Hbond substituents is 1. The summed E-state index contributed by atoms with van der Waals surface area (Å²) in [5, 5.41) is 19.8. The van der Waals surface area contributed by atoms with Gasteiger partial charge in [-0.2, -0.15) is 9.97 Å². The third kappa shape index (κ3) is 7.34. The summed E-state index contributed by atoms with van der Waals surface area (Å²) in [6.07, 6.45) is 13.0. The van der Waals surface area contributed by atoms with E-state index in [1.807, 2.05) is 0 Å². The summed E-state index contributed by atoms with van der Waals surface area (Å²) in [7, 11) is 0. The van der Waals surface area contributed by atoms with E-state index in [0.29, 0.717) is 70.9 Å². The van der Waals surface area contributed by atoms with Gasteiger partial charge >= 0.3 is 6.01 Å². The van der Waals surface area contributed by atoms with Crippen molar-refractivity contribution < 1.29 is 23.1 Å². The molecule has 4 saturated heterocycles. The van der Waals surface area contributed by atoms with Gasteiger partial charge in [-0.3, -0.25) is 9.88 Å². The molecule has 4 aliphatic heterocycles. The molecular weight excluding hydrogens is 727 g/mol. The molecule has 7 heterocycles. The number of fused-ring (bicyclic) bond motifs is 4. The second-order valence-electron chi connectivity index (χ2n) is 17.0. The first-order valence-corrected chi connectivity index (χ1v) is 20.5. The van der Waals surface area contributed by atoms with Gasteiger partial charge in [0.05, 0.1) is 10.9 Å². The lowest BCUT2D eigenvalue weighted by molar-refractivity contribution is 0.137. The Morgan fingerprint density at radius 3 is 2.49 bits per heavy atom. The Bertz CT molecular complexity index is 2320. The average molecular weight is 777 g/mol. The molecule has 2 N–H and O–H groups in total. The molecule has 4 aliphatic rings. The van der Waals surface area contributed by atoms with E-state index in [4.69, 9.17) is 20.7 Å². The number of nitrogens with zero attached hydrogens (tertiary/aromatic N) is 7. The second kappa shape index (κ2) is 15.4. The van der Waals surface area contributed by atoms with E-state index < -0.39 is 11.6 Å². The predicted octanol–water partition coefficient (Wildman–Crippen LogP) is 7.12. The van der Waals surface area contributed by atoms with E-state index in [-0.39, 0.29) is 34.1 Å². The summed E-state index contributed by atoms with van der Waals surface area (Å²) in [5.41, 5.74) is 0.102. The molecule has 0 amide bonds. The van der Waals surface area contributed by atoms with Crippen LogP contribution in [0, 0.1) is 41.7 Å². The number of terminal acetylenes is 1. The minimum absolute atomic E-state index is 0.0283. The summed E-state index contributed by atoms with van der Waals surface area (Å²) < 4.78 is 43.7. The largest absolute Gasteiger partial charge is 0.508 e. The summed E-state index contributed by atoms with van der Waals surface area (Å²) in [6.45, 7) is 13.2. The molecular formula is C44H50F2N8O3. The zero-order valence-corrected chi connectivity index (χ0v) is 32.8. The Morgan fingerprint density at radius 2 is 1.75 bits per heavy atom. The molecule has 4 fully saturated rings. The highest BCUT2D eigenvalue weighted by molar-refractivity contribution is 6.03. The maximum absolute atomic E-state index is 16.9. The molecule has 3 unspecified atom stereocenters. The van der Waals surface area contributed by atoms with E-state index in [2.05, 4.69) is 67.9 Å². The monoisotopic (exact) mass is 776 g/mol. The topological polar surface area (TPSA) is 116 Å². The number of likely N-dealkylation sites (tertiary alicyclic amines) is 1. The van der Waals surface area contributed by atoms with E-state index in [1.165, 1.54) is 30.7 Å². The zero-order chi connectivity index (χ0) is 39.4. The van der Waals surface area contributed by atoms with Crippen LogP contribution in [0.3, 0.4) is 0 Å². The minimum Gasteiger partial charge on any atom is -0.508 e. The number of pyridine rings is 1. The molecule has 298 valence electrons. The van der Waals surface area contributed by atoms with Gasteiger partial charge < -0.3 is 29.5 Å². The van der Waals surface area contributed by atoms with E-state index >= 15 is 4.39 Å². The van der Waals surface area contributed by atoms with Gasteiger partial charge in [-0.05, 0) is 86.5 Å². The second-order valence-corrected chi connectivity index (χ2v) is 17.0. The number of aromatic nitrogens is 4. The molecule has 0 saturated carbocycles. The van der Waals surface area contributed by atoms with Gasteiger partial charge in [-0.25, -0.2) is 8.78 Å².